The molecule has 0 spiro atoms. The van der Waals surface area contributed by atoms with Gasteiger partial charge in [0.15, 0.2) is 0 Å². The highest BCUT2D eigenvalue weighted by atomic mass is 32.2. The predicted molar refractivity (Wildman–Crippen MR) is 119 cm³/mol. The maximum Gasteiger partial charge on any atom is 0.303 e. The molecule has 4 N–H and O–H groups in total. The SMILES string of the molecule is C#CCN(CCNC)S(=O)(=O)c1ccc2[nH]c(=O)c3[nH]cc(CCCC(=O)O)c3c2c1. The van der Waals surface area contributed by atoms with E-state index in [1.807, 2.05) is 0 Å². The number of hydrogen-bond donors (Lipinski definition) is 4. The molecule has 0 saturated carbocycles. The zero-order valence-corrected chi connectivity index (χ0v) is 17.9. The molecule has 0 bridgehead atoms. The molecule has 1 aromatic carbocycles. The van der Waals surface area contributed by atoms with Crippen molar-refractivity contribution >= 4 is 37.8 Å². The molecule has 2 aromatic heterocycles. The smallest absolute Gasteiger partial charge is 0.303 e. The van der Waals surface area contributed by atoms with Crippen LogP contribution in [0.25, 0.3) is 21.8 Å². The van der Waals surface area contributed by atoms with Gasteiger partial charge in [-0.1, -0.05) is 5.92 Å². The molecule has 0 amide bonds. The highest BCUT2D eigenvalue weighted by Gasteiger charge is 2.24. The van der Waals surface area contributed by atoms with E-state index >= 15 is 0 Å². The highest BCUT2D eigenvalue weighted by Crippen LogP contribution is 2.28. The number of aryl methyl sites for hydroxylation is 1. The summed E-state index contributed by atoms with van der Waals surface area (Å²) in [4.78, 5) is 29.1. The lowest BCUT2D eigenvalue weighted by Crippen LogP contribution is -2.36. The van der Waals surface area contributed by atoms with Crippen LogP contribution in [0.15, 0.2) is 34.1 Å². The lowest BCUT2D eigenvalue weighted by molar-refractivity contribution is -0.137. The first-order chi connectivity index (χ1) is 14.8. The number of pyridine rings is 1. The number of fused-ring (bicyclic) bond motifs is 3. The normalized spacial score (nSPS) is 11.9. The number of aromatic nitrogens is 2. The lowest BCUT2D eigenvalue weighted by atomic mass is 10.0. The standard InChI is InChI=1S/C21H24N4O5S/c1-3-10-25(11-9-22-2)31(29,30)15-7-8-17-16(12-15)19-14(5-4-6-18(26)27)13-23-20(19)21(28)24-17/h1,7-8,12-13,22-23H,4-6,9-11H2,2H3,(H,24,28)(H,26,27). The summed E-state index contributed by atoms with van der Waals surface area (Å²) < 4.78 is 27.6. The third-order valence-electron chi connectivity index (χ3n) is 5.05. The minimum Gasteiger partial charge on any atom is -0.481 e. The Morgan fingerprint density at radius 2 is 2.13 bits per heavy atom. The van der Waals surface area contributed by atoms with Gasteiger partial charge in [-0.15, -0.1) is 6.42 Å². The second kappa shape index (κ2) is 9.34. The molecular formula is C21H24N4O5S. The summed E-state index contributed by atoms with van der Waals surface area (Å²) >= 11 is 0. The lowest BCUT2D eigenvalue weighted by Gasteiger charge is -2.20. The molecular weight excluding hydrogens is 420 g/mol. The Bertz CT molecular complexity index is 1320. The van der Waals surface area contributed by atoms with E-state index in [2.05, 4.69) is 21.2 Å². The Hall–Kier alpha value is -3.13. The molecule has 2 heterocycles. The fourth-order valence-corrected chi connectivity index (χ4v) is 4.92. The van der Waals surface area contributed by atoms with E-state index in [9.17, 15) is 18.0 Å². The minimum atomic E-state index is -3.86. The topological polar surface area (TPSA) is 135 Å². The van der Waals surface area contributed by atoms with Crippen molar-refractivity contribution in [2.24, 2.45) is 0 Å². The molecule has 3 aromatic rings. The molecule has 0 radical (unpaired) electrons. The Morgan fingerprint density at radius 1 is 1.35 bits per heavy atom. The summed E-state index contributed by atoms with van der Waals surface area (Å²) in [7, 11) is -2.14. The monoisotopic (exact) mass is 444 g/mol. The van der Waals surface area contributed by atoms with Gasteiger partial charge >= 0.3 is 5.97 Å². The van der Waals surface area contributed by atoms with Crippen LogP contribution in [0.2, 0.25) is 0 Å². The van der Waals surface area contributed by atoms with Gasteiger partial charge in [0, 0.05) is 42.0 Å². The minimum absolute atomic E-state index is 0.0000608. The number of aromatic amines is 2. The molecule has 9 nitrogen and oxygen atoms in total. The predicted octanol–water partition coefficient (Wildman–Crippen LogP) is 1.26. The van der Waals surface area contributed by atoms with Gasteiger partial charge in [0.25, 0.3) is 5.56 Å². The van der Waals surface area contributed by atoms with E-state index in [0.717, 1.165) is 5.56 Å². The molecule has 0 unspecified atom stereocenters. The highest BCUT2D eigenvalue weighted by molar-refractivity contribution is 7.89. The van der Waals surface area contributed by atoms with E-state index in [1.165, 1.54) is 16.4 Å². The van der Waals surface area contributed by atoms with Crippen molar-refractivity contribution in [3.8, 4) is 12.3 Å². The van der Waals surface area contributed by atoms with Crippen molar-refractivity contribution < 1.29 is 18.3 Å². The number of carbonyl (C=O) groups is 1. The van der Waals surface area contributed by atoms with Crippen LogP contribution in [0.1, 0.15) is 18.4 Å². The fourth-order valence-electron chi connectivity index (χ4n) is 3.53. The molecule has 3 rings (SSSR count). The number of benzene rings is 1. The number of hydrogen-bond acceptors (Lipinski definition) is 5. The van der Waals surface area contributed by atoms with Gasteiger partial charge in [-0.05, 0) is 43.7 Å². The van der Waals surface area contributed by atoms with Crippen LogP contribution in [-0.2, 0) is 21.2 Å². The second-order valence-corrected chi connectivity index (χ2v) is 9.06. The Kier molecular flexibility index (Phi) is 6.80. The number of nitrogens with one attached hydrogen (secondary N) is 3. The third-order valence-corrected chi connectivity index (χ3v) is 6.89. The first-order valence-electron chi connectivity index (χ1n) is 9.75. The Balaban J connectivity index is 2.13. The molecule has 0 aliphatic carbocycles. The molecule has 0 saturated heterocycles. The molecule has 0 atom stereocenters. The Morgan fingerprint density at radius 3 is 2.81 bits per heavy atom. The van der Waals surface area contributed by atoms with E-state index in [1.54, 1.807) is 19.3 Å². The van der Waals surface area contributed by atoms with Crippen LogP contribution in [0.5, 0.6) is 0 Å². The molecule has 0 aliphatic rings. The number of nitrogens with zero attached hydrogens (tertiary/aromatic N) is 1. The molecule has 0 fully saturated rings. The van der Waals surface area contributed by atoms with Crippen LogP contribution in [0.3, 0.4) is 0 Å². The number of sulfonamides is 1. The number of rotatable bonds is 10. The zero-order chi connectivity index (χ0) is 22.6. The van der Waals surface area contributed by atoms with Crippen LogP contribution in [0.4, 0.5) is 0 Å². The molecule has 0 aliphatic heterocycles. The Labute approximate surface area is 179 Å². The van der Waals surface area contributed by atoms with Crippen LogP contribution in [-0.4, -0.2) is 60.4 Å². The summed E-state index contributed by atoms with van der Waals surface area (Å²) in [6.07, 6.45) is 7.87. The van der Waals surface area contributed by atoms with Gasteiger partial charge in [-0.2, -0.15) is 4.31 Å². The molecule has 164 valence electrons. The first-order valence-corrected chi connectivity index (χ1v) is 11.2. The van der Waals surface area contributed by atoms with E-state index < -0.39 is 16.0 Å². The van der Waals surface area contributed by atoms with Crippen molar-refractivity contribution in [1.29, 1.82) is 0 Å². The maximum absolute atomic E-state index is 13.2. The summed E-state index contributed by atoms with van der Waals surface area (Å²) in [6, 6.07) is 4.53. The summed E-state index contributed by atoms with van der Waals surface area (Å²) in [5, 5.41) is 13.0. The van der Waals surface area contributed by atoms with Gasteiger partial charge in [0.05, 0.1) is 11.4 Å². The largest absolute Gasteiger partial charge is 0.481 e. The number of carboxylic acids is 1. The zero-order valence-electron chi connectivity index (χ0n) is 17.1. The first kappa shape index (κ1) is 22.6. The summed E-state index contributed by atoms with van der Waals surface area (Å²) in [6.45, 7) is 0.595. The van der Waals surface area contributed by atoms with Crippen molar-refractivity contribution in [2.75, 3.05) is 26.7 Å². The van der Waals surface area contributed by atoms with Crippen molar-refractivity contribution in [3.63, 3.8) is 0 Å². The molecule has 31 heavy (non-hydrogen) atoms. The fraction of sp³-hybridized carbons (Fsp3) is 0.333. The van der Waals surface area contributed by atoms with E-state index in [4.69, 9.17) is 11.5 Å². The quantitative estimate of drug-likeness (QED) is 0.348. The molecule has 10 heteroatoms. The number of carboxylic acid groups (broad SMARTS) is 1. The van der Waals surface area contributed by atoms with Gasteiger partial charge in [0.2, 0.25) is 10.0 Å². The summed E-state index contributed by atoms with van der Waals surface area (Å²) in [5.41, 5.74) is 1.25. The van der Waals surface area contributed by atoms with Gasteiger partial charge in [-0.25, -0.2) is 8.42 Å². The van der Waals surface area contributed by atoms with Crippen molar-refractivity contribution in [3.05, 3.63) is 40.3 Å². The second-order valence-electron chi connectivity index (χ2n) is 7.12. The number of H-pyrrole nitrogens is 2. The number of terminal acetylenes is 1. The van der Waals surface area contributed by atoms with E-state index in [-0.39, 0.29) is 30.0 Å². The van der Waals surface area contributed by atoms with E-state index in [0.29, 0.717) is 41.2 Å². The average molecular weight is 445 g/mol. The van der Waals surface area contributed by atoms with Gasteiger partial charge in [0.1, 0.15) is 5.52 Å². The average Bonchev–Trinajstić information content (AvgIpc) is 3.15. The van der Waals surface area contributed by atoms with Gasteiger partial charge < -0.3 is 20.4 Å². The number of aliphatic carboxylic acids is 1. The van der Waals surface area contributed by atoms with Crippen LogP contribution >= 0.6 is 0 Å². The van der Waals surface area contributed by atoms with Gasteiger partial charge in [-0.3, -0.25) is 9.59 Å². The van der Waals surface area contributed by atoms with Crippen LogP contribution in [0, 0.1) is 12.3 Å². The number of likely N-dealkylation sites (N-methyl/N-ethyl adjacent to an activating group) is 1. The third kappa shape index (κ3) is 4.64. The van der Waals surface area contributed by atoms with Crippen LogP contribution < -0.4 is 10.9 Å². The van der Waals surface area contributed by atoms with Crippen molar-refractivity contribution in [1.82, 2.24) is 19.6 Å². The summed E-state index contributed by atoms with van der Waals surface area (Å²) in [5.74, 6) is 1.49. The maximum atomic E-state index is 13.2. The van der Waals surface area contributed by atoms with Crippen molar-refractivity contribution in [2.45, 2.75) is 24.2 Å².